The van der Waals surface area contributed by atoms with Crippen LogP contribution in [0.25, 0.3) is 0 Å². The van der Waals surface area contributed by atoms with Crippen molar-refractivity contribution in [2.75, 3.05) is 13.1 Å². The third-order valence-electron chi connectivity index (χ3n) is 4.28. The Morgan fingerprint density at radius 2 is 1.60 bits per heavy atom. The molecular formula is C19H21NO4S. The van der Waals surface area contributed by atoms with E-state index in [2.05, 4.69) is 0 Å². The lowest BCUT2D eigenvalue weighted by Gasteiger charge is -2.15. The first-order valence-corrected chi connectivity index (χ1v) is 9.74. The fourth-order valence-corrected chi connectivity index (χ4v) is 4.27. The first kappa shape index (κ1) is 17.6. The standard InChI is InChI=1S/C19H21NO4S/c1-15-4-6-16(7-5-15)14-24-19(21)17-8-10-18(11-9-17)25(22,23)20-12-2-3-13-20/h4-11H,2-3,12-14H2,1H3. The molecule has 0 unspecified atom stereocenters. The van der Waals surface area contributed by atoms with Gasteiger partial charge in [-0.3, -0.25) is 0 Å². The van der Waals surface area contributed by atoms with Crippen LogP contribution >= 0.6 is 0 Å². The molecule has 6 heteroatoms. The molecule has 0 atom stereocenters. The summed E-state index contributed by atoms with van der Waals surface area (Å²) < 4.78 is 31.7. The second-order valence-electron chi connectivity index (χ2n) is 6.20. The summed E-state index contributed by atoms with van der Waals surface area (Å²) in [5.41, 5.74) is 2.39. The predicted molar refractivity (Wildman–Crippen MR) is 94.7 cm³/mol. The molecule has 0 bridgehead atoms. The zero-order valence-electron chi connectivity index (χ0n) is 14.1. The van der Waals surface area contributed by atoms with Crippen molar-refractivity contribution >= 4 is 16.0 Å². The van der Waals surface area contributed by atoms with Gasteiger partial charge in [0.05, 0.1) is 10.5 Å². The molecule has 2 aromatic carbocycles. The third kappa shape index (κ3) is 4.08. The van der Waals surface area contributed by atoms with Crippen LogP contribution in [0.2, 0.25) is 0 Å². The number of hydrogen-bond donors (Lipinski definition) is 0. The Labute approximate surface area is 148 Å². The Balaban J connectivity index is 1.65. The number of hydrogen-bond acceptors (Lipinski definition) is 4. The summed E-state index contributed by atoms with van der Waals surface area (Å²) in [6.07, 6.45) is 1.78. The van der Waals surface area contributed by atoms with Crippen LogP contribution in [-0.2, 0) is 21.4 Å². The number of rotatable bonds is 5. The lowest BCUT2D eigenvalue weighted by atomic mass is 10.2. The van der Waals surface area contributed by atoms with Crippen LogP contribution in [0.4, 0.5) is 0 Å². The van der Waals surface area contributed by atoms with Gasteiger partial charge in [-0.15, -0.1) is 0 Å². The van der Waals surface area contributed by atoms with Crippen LogP contribution in [0, 0.1) is 6.92 Å². The van der Waals surface area contributed by atoms with Crippen LogP contribution in [0.15, 0.2) is 53.4 Å². The van der Waals surface area contributed by atoms with E-state index >= 15 is 0 Å². The van der Waals surface area contributed by atoms with Crippen molar-refractivity contribution in [3.05, 3.63) is 65.2 Å². The number of carbonyl (C=O) groups excluding carboxylic acids is 1. The molecule has 1 saturated heterocycles. The molecule has 1 fully saturated rings. The van der Waals surface area contributed by atoms with E-state index in [1.165, 1.54) is 28.6 Å². The van der Waals surface area contributed by atoms with Gasteiger partial charge in [0.15, 0.2) is 0 Å². The van der Waals surface area contributed by atoms with Gasteiger partial charge in [-0.25, -0.2) is 13.2 Å². The summed E-state index contributed by atoms with van der Waals surface area (Å²) in [6, 6.07) is 13.7. The van der Waals surface area contributed by atoms with Crippen LogP contribution in [0.3, 0.4) is 0 Å². The highest BCUT2D eigenvalue weighted by molar-refractivity contribution is 7.89. The summed E-state index contributed by atoms with van der Waals surface area (Å²) in [5.74, 6) is -0.467. The summed E-state index contributed by atoms with van der Waals surface area (Å²) in [6.45, 7) is 3.30. The molecule has 3 rings (SSSR count). The van der Waals surface area contributed by atoms with E-state index in [1.807, 2.05) is 31.2 Å². The maximum atomic E-state index is 12.5. The first-order chi connectivity index (χ1) is 12.0. The molecule has 0 radical (unpaired) electrons. The average Bonchev–Trinajstić information content (AvgIpc) is 3.16. The Morgan fingerprint density at radius 3 is 2.20 bits per heavy atom. The summed E-state index contributed by atoms with van der Waals surface area (Å²) in [7, 11) is -3.46. The van der Waals surface area contributed by atoms with E-state index in [-0.39, 0.29) is 11.5 Å². The fraction of sp³-hybridized carbons (Fsp3) is 0.316. The van der Waals surface area contributed by atoms with Crippen LogP contribution in [0.1, 0.15) is 34.3 Å². The number of aryl methyl sites for hydroxylation is 1. The highest BCUT2D eigenvalue weighted by Gasteiger charge is 2.27. The van der Waals surface area contributed by atoms with Crippen molar-refractivity contribution in [3.63, 3.8) is 0 Å². The smallest absolute Gasteiger partial charge is 0.338 e. The van der Waals surface area contributed by atoms with E-state index < -0.39 is 16.0 Å². The minimum atomic E-state index is -3.46. The van der Waals surface area contributed by atoms with Gasteiger partial charge >= 0.3 is 5.97 Å². The number of carbonyl (C=O) groups is 1. The maximum absolute atomic E-state index is 12.5. The van der Waals surface area contributed by atoms with E-state index in [1.54, 1.807) is 0 Å². The number of sulfonamides is 1. The van der Waals surface area contributed by atoms with E-state index in [9.17, 15) is 13.2 Å². The SMILES string of the molecule is Cc1ccc(COC(=O)c2ccc(S(=O)(=O)N3CCCC3)cc2)cc1. The van der Waals surface area contributed by atoms with Crippen molar-refractivity contribution in [2.45, 2.75) is 31.3 Å². The highest BCUT2D eigenvalue weighted by atomic mass is 32.2. The highest BCUT2D eigenvalue weighted by Crippen LogP contribution is 2.21. The molecule has 25 heavy (non-hydrogen) atoms. The van der Waals surface area contributed by atoms with Crippen molar-refractivity contribution in [3.8, 4) is 0 Å². The van der Waals surface area contributed by atoms with Crippen molar-refractivity contribution in [1.82, 2.24) is 4.31 Å². The van der Waals surface area contributed by atoms with E-state index in [4.69, 9.17) is 4.74 Å². The first-order valence-electron chi connectivity index (χ1n) is 8.30. The molecule has 0 aromatic heterocycles. The number of ether oxygens (including phenoxy) is 1. The van der Waals surface area contributed by atoms with Crippen LogP contribution in [0.5, 0.6) is 0 Å². The minimum absolute atomic E-state index is 0.187. The second-order valence-corrected chi connectivity index (χ2v) is 8.14. The normalized spacial score (nSPS) is 15.2. The zero-order valence-corrected chi connectivity index (χ0v) is 15.0. The fourth-order valence-electron chi connectivity index (χ4n) is 2.76. The molecule has 5 nitrogen and oxygen atoms in total. The maximum Gasteiger partial charge on any atom is 0.338 e. The Hall–Kier alpha value is -2.18. The molecular weight excluding hydrogens is 338 g/mol. The molecule has 0 amide bonds. The van der Waals surface area contributed by atoms with Gasteiger partial charge in [0.2, 0.25) is 10.0 Å². The zero-order chi connectivity index (χ0) is 17.9. The topological polar surface area (TPSA) is 63.7 Å². The lowest BCUT2D eigenvalue weighted by molar-refractivity contribution is 0.0472. The van der Waals surface area contributed by atoms with Gasteiger partial charge in [-0.2, -0.15) is 4.31 Å². The van der Waals surface area contributed by atoms with Gasteiger partial charge in [0.1, 0.15) is 6.61 Å². The molecule has 1 aliphatic rings. The molecule has 0 N–H and O–H groups in total. The summed E-state index contributed by atoms with van der Waals surface area (Å²) in [5, 5.41) is 0. The number of nitrogens with zero attached hydrogens (tertiary/aromatic N) is 1. The molecule has 0 saturated carbocycles. The van der Waals surface area contributed by atoms with Crippen molar-refractivity contribution in [1.29, 1.82) is 0 Å². The largest absolute Gasteiger partial charge is 0.457 e. The minimum Gasteiger partial charge on any atom is -0.457 e. The Bertz CT molecular complexity index is 836. The van der Waals surface area contributed by atoms with Gasteiger partial charge in [-0.1, -0.05) is 29.8 Å². The molecule has 2 aromatic rings. The van der Waals surface area contributed by atoms with Crippen LogP contribution < -0.4 is 0 Å². The number of benzene rings is 2. The van der Waals surface area contributed by atoms with Crippen molar-refractivity contribution < 1.29 is 17.9 Å². The molecule has 1 heterocycles. The summed E-state index contributed by atoms with van der Waals surface area (Å²) >= 11 is 0. The average molecular weight is 359 g/mol. The van der Waals surface area contributed by atoms with Gasteiger partial charge in [-0.05, 0) is 49.6 Å². The van der Waals surface area contributed by atoms with Gasteiger partial charge in [0.25, 0.3) is 0 Å². The molecule has 132 valence electrons. The van der Waals surface area contributed by atoms with Gasteiger partial charge < -0.3 is 4.74 Å². The Kier molecular flexibility index (Phi) is 5.20. The van der Waals surface area contributed by atoms with Gasteiger partial charge in [0, 0.05) is 13.1 Å². The quantitative estimate of drug-likeness (QED) is 0.770. The van der Waals surface area contributed by atoms with Crippen LogP contribution in [-0.4, -0.2) is 31.8 Å². The monoisotopic (exact) mass is 359 g/mol. The van der Waals surface area contributed by atoms with E-state index in [0.29, 0.717) is 18.7 Å². The summed E-state index contributed by atoms with van der Waals surface area (Å²) in [4.78, 5) is 12.3. The lowest BCUT2D eigenvalue weighted by Crippen LogP contribution is -2.27. The predicted octanol–water partition coefficient (Wildman–Crippen LogP) is 3.14. The molecule has 0 aliphatic carbocycles. The second kappa shape index (κ2) is 7.37. The molecule has 0 spiro atoms. The number of esters is 1. The van der Waals surface area contributed by atoms with E-state index in [0.717, 1.165) is 24.0 Å². The Morgan fingerprint density at radius 1 is 1.00 bits per heavy atom. The molecule has 1 aliphatic heterocycles. The van der Waals surface area contributed by atoms with Crippen molar-refractivity contribution in [2.24, 2.45) is 0 Å². The third-order valence-corrected chi connectivity index (χ3v) is 6.20.